The number of nitrogens with zero attached hydrogens (tertiary/aromatic N) is 2. The summed E-state index contributed by atoms with van der Waals surface area (Å²) in [5, 5.41) is 0.478. The van der Waals surface area contributed by atoms with Crippen LogP contribution in [-0.2, 0) is 17.7 Å². The van der Waals surface area contributed by atoms with Gasteiger partial charge < -0.3 is 9.47 Å². The third-order valence-corrected chi connectivity index (χ3v) is 5.30. The van der Waals surface area contributed by atoms with E-state index in [9.17, 15) is 14.4 Å². The first-order valence-electron chi connectivity index (χ1n) is 9.94. The summed E-state index contributed by atoms with van der Waals surface area (Å²) in [5.41, 5.74) is 1.09. The maximum atomic E-state index is 12.8. The van der Waals surface area contributed by atoms with E-state index in [1.54, 1.807) is 48.1 Å². The molecule has 30 heavy (non-hydrogen) atoms. The van der Waals surface area contributed by atoms with Gasteiger partial charge in [0.05, 0.1) is 23.6 Å². The minimum absolute atomic E-state index is 0.0773. The molecule has 0 amide bonds. The van der Waals surface area contributed by atoms with Crippen LogP contribution < -0.4 is 10.3 Å². The van der Waals surface area contributed by atoms with Gasteiger partial charge in [-0.1, -0.05) is 6.42 Å². The average Bonchev–Trinajstić information content (AvgIpc) is 3.02. The molecule has 4 rings (SSSR count). The van der Waals surface area contributed by atoms with E-state index in [1.165, 1.54) is 6.07 Å². The van der Waals surface area contributed by atoms with Crippen LogP contribution in [0, 0.1) is 0 Å². The van der Waals surface area contributed by atoms with Crippen LogP contribution in [0.4, 0.5) is 0 Å². The van der Waals surface area contributed by atoms with Crippen LogP contribution in [0.25, 0.3) is 10.9 Å². The van der Waals surface area contributed by atoms with E-state index in [4.69, 9.17) is 9.47 Å². The molecule has 2 aromatic carbocycles. The fourth-order valence-electron chi connectivity index (χ4n) is 3.62. The monoisotopic (exact) mass is 406 g/mol. The van der Waals surface area contributed by atoms with Crippen LogP contribution in [-0.4, -0.2) is 35.0 Å². The van der Waals surface area contributed by atoms with Crippen molar-refractivity contribution >= 4 is 22.7 Å². The van der Waals surface area contributed by atoms with E-state index in [0.29, 0.717) is 28.8 Å². The number of benzene rings is 2. The molecule has 0 radical (unpaired) electrons. The molecule has 1 aliphatic heterocycles. The minimum Gasteiger partial charge on any atom is -0.497 e. The molecule has 0 bridgehead atoms. The number of carbonyl (C=O) groups is 2. The maximum Gasteiger partial charge on any atom is 0.338 e. The predicted octanol–water partition coefficient (Wildman–Crippen LogP) is 3.17. The number of carbonyl (C=O) groups excluding carboxylic acids is 2. The number of Topliss-reactive ketones (excluding diaryl/α,β-unsaturated/α-hetero) is 1. The van der Waals surface area contributed by atoms with Crippen LogP contribution in [0.15, 0.2) is 47.3 Å². The second kappa shape index (κ2) is 8.49. The number of methoxy groups -OCH3 is 1. The Hall–Kier alpha value is -3.48. The maximum absolute atomic E-state index is 12.8. The van der Waals surface area contributed by atoms with Gasteiger partial charge in [-0.15, -0.1) is 0 Å². The van der Waals surface area contributed by atoms with E-state index >= 15 is 0 Å². The third kappa shape index (κ3) is 3.96. The second-order valence-electron chi connectivity index (χ2n) is 7.26. The lowest BCUT2D eigenvalue weighted by Gasteiger charge is -2.11. The summed E-state index contributed by atoms with van der Waals surface area (Å²) < 4.78 is 12.0. The van der Waals surface area contributed by atoms with Gasteiger partial charge in [-0.25, -0.2) is 9.78 Å². The molecule has 0 spiro atoms. The van der Waals surface area contributed by atoms with Crippen LogP contribution in [0.5, 0.6) is 5.75 Å². The Balaban J connectivity index is 1.51. The first kappa shape index (κ1) is 19.8. The Morgan fingerprint density at radius 2 is 1.80 bits per heavy atom. The van der Waals surface area contributed by atoms with Crippen LogP contribution in [0.1, 0.15) is 45.8 Å². The van der Waals surface area contributed by atoms with Gasteiger partial charge in [0.2, 0.25) is 0 Å². The highest BCUT2D eigenvalue weighted by molar-refractivity contribution is 6.00. The topological polar surface area (TPSA) is 87.5 Å². The molecule has 0 atom stereocenters. The van der Waals surface area contributed by atoms with E-state index in [0.717, 1.165) is 31.5 Å². The standard InChI is InChI=1S/C23H22N2O5/c1-29-17-9-6-15(7-10-17)20(26)14-30-23(28)16-8-11-18-19(13-16)24-21-5-3-2-4-12-25(21)22(18)27/h6-11,13H,2-5,12,14H2,1H3. The highest BCUT2D eigenvalue weighted by Gasteiger charge is 2.17. The van der Waals surface area contributed by atoms with Crippen molar-refractivity contribution in [2.24, 2.45) is 0 Å². The van der Waals surface area contributed by atoms with E-state index in [2.05, 4.69) is 4.98 Å². The molecule has 3 aromatic rings. The van der Waals surface area contributed by atoms with Gasteiger partial charge in [-0.2, -0.15) is 0 Å². The number of ether oxygens (including phenoxy) is 2. The molecule has 0 saturated heterocycles. The number of fused-ring (bicyclic) bond motifs is 2. The normalized spacial score (nSPS) is 13.4. The van der Waals surface area contributed by atoms with Crippen molar-refractivity contribution in [3.63, 3.8) is 0 Å². The molecule has 7 heteroatoms. The van der Waals surface area contributed by atoms with Gasteiger partial charge in [0.15, 0.2) is 12.4 Å². The number of aryl methyl sites for hydroxylation is 1. The van der Waals surface area contributed by atoms with Gasteiger partial charge in [-0.05, 0) is 55.3 Å². The predicted molar refractivity (Wildman–Crippen MR) is 111 cm³/mol. The number of ketones is 1. The van der Waals surface area contributed by atoms with Crippen molar-refractivity contribution in [1.29, 1.82) is 0 Å². The summed E-state index contributed by atoms with van der Waals surface area (Å²) in [6.07, 6.45) is 3.77. The summed E-state index contributed by atoms with van der Waals surface area (Å²) in [6.45, 7) is 0.303. The smallest absolute Gasteiger partial charge is 0.338 e. The summed E-state index contributed by atoms with van der Waals surface area (Å²) in [6, 6.07) is 11.3. The van der Waals surface area contributed by atoms with Gasteiger partial charge in [0.1, 0.15) is 11.6 Å². The Labute approximate surface area is 173 Å². The lowest BCUT2D eigenvalue weighted by Crippen LogP contribution is -2.24. The highest BCUT2D eigenvalue weighted by Crippen LogP contribution is 2.17. The Kier molecular flexibility index (Phi) is 5.61. The van der Waals surface area contributed by atoms with Crippen LogP contribution in [0.2, 0.25) is 0 Å². The van der Waals surface area contributed by atoms with E-state index in [-0.39, 0.29) is 23.5 Å². The number of hydrogen-bond donors (Lipinski definition) is 0. The zero-order valence-corrected chi connectivity index (χ0v) is 16.7. The quantitative estimate of drug-likeness (QED) is 0.478. The lowest BCUT2D eigenvalue weighted by atomic mass is 10.1. The summed E-state index contributed by atoms with van der Waals surface area (Å²) in [7, 11) is 1.54. The Morgan fingerprint density at radius 1 is 1.03 bits per heavy atom. The van der Waals surface area contributed by atoms with Crippen molar-refractivity contribution in [3.8, 4) is 5.75 Å². The van der Waals surface area contributed by atoms with Crippen LogP contribution in [0.3, 0.4) is 0 Å². The Bertz CT molecular complexity index is 1160. The lowest BCUT2D eigenvalue weighted by molar-refractivity contribution is 0.0475. The molecular weight excluding hydrogens is 384 g/mol. The van der Waals surface area contributed by atoms with Crippen molar-refractivity contribution in [3.05, 3.63) is 69.8 Å². The number of esters is 1. The minimum atomic E-state index is -0.629. The van der Waals surface area contributed by atoms with E-state index < -0.39 is 5.97 Å². The zero-order valence-electron chi connectivity index (χ0n) is 16.7. The highest BCUT2D eigenvalue weighted by atomic mass is 16.5. The second-order valence-corrected chi connectivity index (χ2v) is 7.26. The van der Waals surface area contributed by atoms with Gasteiger partial charge in [0.25, 0.3) is 5.56 Å². The molecule has 2 heterocycles. The number of hydrogen-bond acceptors (Lipinski definition) is 6. The molecule has 0 unspecified atom stereocenters. The summed E-state index contributed by atoms with van der Waals surface area (Å²) in [5.74, 6) is 0.454. The molecule has 0 saturated carbocycles. The van der Waals surface area contributed by atoms with Gasteiger partial charge in [0, 0.05) is 18.5 Å². The molecule has 0 N–H and O–H groups in total. The first-order valence-corrected chi connectivity index (χ1v) is 9.94. The van der Waals surface area contributed by atoms with Crippen molar-refractivity contribution in [2.45, 2.75) is 32.2 Å². The van der Waals surface area contributed by atoms with Crippen LogP contribution >= 0.6 is 0 Å². The molecule has 0 fully saturated rings. The summed E-state index contributed by atoms with van der Waals surface area (Å²) >= 11 is 0. The van der Waals surface area contributed by atoms with Crippen molar-refractivity contribution in [1.82, 2.24) is 9.55 Å². The SMILES string of the molecule is COc1ccc(C(=O)COC(=O)c2ccc3c(=O)n4c(nc3c2)CCCCC4)cc1. The average molecular weight is 406 g/mol. The van der Waals surface area contributed by atoms with Gasteiger partial charge >= 0.3 is 5.97 Å². The van der Waals surface area contributed by atoms with Crippen molar-refractivity contribution in [2.75, 3.05) is 13.7 Å². The third-order valence-electron chi connectivity index (χ3n) is 5.30. The molecule has 154 valence electrons. The molecule has 1 aromatic heterocycles. The molecule has 0 aliphatic carbocycles. The largest absolute Gasteiger partial charge is 0.497 e. The molecular formula is C23H22N2O5. The number of rotatable bonds is 5. The van der Waals surface area contributed by atoms with Gasteiger partial charge in [-0.3, -0.25) is 14.2 Å². The fraction of sp³-hybridized carbons (Fsp3) is 0.304. The molecule has 1 aliphatic rings. The Morgan fingerprint density at radius 3 is 2.57 bits per heavy atom. The van der Waals surface area contributed by atoms with Crippen molar-refractivity contribution < 1.29 is 19.1 Å². The van der Waals surface area contributed by atoms with E-state index in [1.807, 2.05) is 0 Å². The summed E-state index contributed by atoms with van der Waals surface area (Å²) in [4.78, 5) is 42.1. The zero-order chi connectivity index (χ0) is 21.1. The fourth-order valence-corrected chi connectivity index (χ4v) is 3.62. The number of aromatic nitrogens is 2. The molecule has 7 nitrogen and oxygen atoms in total. The first-order chi connectivity index (χ1) is 14.6.